The van der Waals surface area contributed by atoms with Crippen LogP contribution in [0.1, 0.15) is 46.0 Å². The van der Waals surface area contributed by atoms with Crippen molar-refractivity contribution >= 4 is 17.1 Å². The highest BCUT2D eigenvalue weighted by molar-refractivity contribution is 5.65. The first kappa shape index (κ1) is 15.6. The zero-order valence-corrected chi connectivity index (χ0v) is 13.0. The van der Waals surface area contributed by atoms with E-state index in [1.807, 2.05) is 0 Å². The maximum atomic E-state index is 11.2. The summed E-state index contributed by atoms with van der Waals surface area (Å²) in [7, 11) is 0. The normalized spacial score (nSPS) is 18.6. The van der Waals surface area contributed by atoms with Crippen LogP contribution >= 0.6 is 0 Å². The summed E-state index contributed by atoms with van der Waals surface area (Å²) in [4.78, 5) is 13.2. The van der Waals surface area contributed by atoms with Crippen molar-refractivity contribution in [1.29, 1.82) is 0 Å². The van der Waals surface area contributed by atoms with E-state index in [9.17, 15) is 10.1 Å². The summed E-state index contributed by atoms with van der Waals surface area (Å²) < 4.78 is 0. The highest BCUT2D eigenvalue weighted by Crippen LogP contribution is 2.32. The second-order valence-electron chi connectivity index (χ2n) is 5.67. The number of non-ortho nitro benzene ring substituents is 1. The van der Waals surface area contributed by atoms with Crippen LogP contribution in [-0.4, -0.2) is 24.1 Å². The molecule has 0 saturated carbocycles. The first-order valence-electron chi connectivity index (χ1n) is 7.95. The van der Waals surface area contributed by atoms with Crippen LogP contribution in [0, 0.1) is 10.1 Å². The lowest BCUT2D eigenvalue weighted by molar-refractivity contribution is -0.384. The van der Waals surface area contributed by atoms with E-state index in [1.165, 1.54) is 12.8 Å². The maximum absolute atomic E-state index is 11.2. The molecule has 1 aromatic rings. The van der Waals surface area contributed by atoms with Gasteiger partial charge in [-0.1, -0.05) is 13.8 Å². The summed E-state index contributed by atoms with van der Waals surface area (Å²) in [5, 5.41) is 14.4. The zero-order chi connectivity index (χ0) is 15.2. The average Bonchev–Trinajstić information content (AvgIpc) is 2.52. The number of nitro groups is 1. The van der Waals surface area contributed by atoms with Gasteiger partial charge in [-0.15, -0.1) is 0 Å². The van der Waals surface area contributed by atoms with E-state index in [4.69, 9.17) is 0 Å². The summed E-state index contributed by atoms with van der Waals surface area (Å²) in [5.74, 6) is 0. The molecule has 1 atom stereocenters. The van der Waals surface area contributed by atoms with Crippen molar-refractivity contribution in [1.82, 2.24) is 0 Å². The van der Waals surface area contributed by atoms with E-state index in [0.29, 0.717) is 6.04 Å². The second-order valence-corrected chi connectivity index (χ2v) is 5.67. The predicted octanol–water partition coefficient (Wildman–Crippen LogP) is 4.19. The minimum atomic E-state index is -0.300. The number of benzene rings is 1. The molecule has 1 heterocycles. The van der Waals surface area contributed by atoms with Crippen LogP contribution in [-0.2, 0) is 0 Å². The number of nitrogens with one attached hydrogen (secondary N) is 1. The molecule has 5 heteroatoms. The van der Waals surface area contributed by atoms with E-state index in [2.05, 4.69) is 30.1 Å². The summed E-state index contributed by atoms with van der Waals surface area (Å²) in [6.07, 6.45) is 5.68. The fourth-order valence-electron chi connectivity index (χ4n) is 3.00. The Labute approximate surface area is 126 Å². The van der Waals surface area contributed by atoms with Gasteiger partial charge in [-0.2, -0.15) is 0 Å². The Bertz CT molecular complexity index is 490. The number of anilines is 2. The molecular weight excluding hydrogens is 266 g/mol. The monoisotopic (exact) mass is 291 g/mol. The van der Waals surface area contributed by atoms with Gasteiger partial charge in [0, 0.05) is 42.6 Å². The van der Waals surface area contributed by atoms with Gasteiger partial charge in [-0.3, -0.25) is 10.1 Å². The highest BCUT2D eigenvalue weighted by Gasteiger charge is 2.23. The van der Waals surface area contributed by atoms with Crippen LogP contribution in [0.25, 0.3) is 0 Å². The predicted molar refractivity (Wildman–Crippen MR) is 87.2 cm³/mol. The van der Waals surface area contributed by atoms with Gasteiger partial charge < -0.3 is 10.2 Å². The van der Waals surface area contributed by atoms with Crippen molar-refractivity contribution in [3.05, 3.63) is 28.3 Å². The molecule has 2 rings (SSSR count). The molecule has 1 aliphatic rings. The number of hydrogen-bond acceptors (Lipinski definition) is 4. The molecule has 5 nitrogen and oxygen atoms in total. The number of rotatable bonds is 6. The lowest BCUT2D eigenvalue weighted by Gasteiger charge is -2.37. The number of piperidine rings is 1. The number of hydrogen-bond donors (Lipinski definition) is 1. The van der Waals surface area contributed by atoms with Crippen molar-refractivity contribution in [2.75, 3.05) is 23.3 Å². The van der Waals surface area contributed by atoms with Crippen LogP contribution in [0.15, 0.2) is 18.2 Å². The second kappa shape index (κ2) is 7.29. The zero-order valence-electron chi connectivity index (χ0n) is 13.0. The van der Waals surface area contributed by atoms with Gasteiger partial charge in [0.15, 0.2) is 0 Å². The lowest BCUT2D eigenvalue weighted by Crippen LogP contribution is -2.39. The van der Waals surface area contributed by atoms with E-state index in [1.54, 1.807) is 12.1 Å². The third kappa shape index (κ3) is 3.86. The van der Waals surface area contributed by atoms with Gasteiger partial charge in [0.25, 0.3) is 5.69 Å². The summed E-state index contributed by atoms with van der Waals surface area (Å²) in [5.41, 5.74) is 2.00. The largest absolute Gasteiger partial charge is 0.385 e. The summed E-state index contributed by atoms with van der Waals surface area (Å²) >= 11 is 0. The Morgan fingerprint density at radius 1 is 1.33 bits per heavy atom. The van der Waals surface area contributed by atoms with Crippen molar-refractivity contribution in [2.24, 2.45) is 0 Å². The molecule has 21 heavy (non-hydrogen) atoms. The summed E-state index contributed by atoms with van der Waals surface area (Å²) in [6.45, 7) is 6.10. The van der Waals surface area contributed by atoms with E-state index < -0.39 is 0 Å². The fraction of sp³-hybridized carbons (Fsp3) is 0.625. The third-order valence-electron chi connectivity index (χ3n) is 4.12. The van der Waals surface area contributed by atoms with Crippen LogP contribution < -0.4 is 10.2 Å². The molecule has 116 valence electrons. The van der Waals surface area contributed by atoms with E-state index in [-0.39, 0.29) is 10.6 Å². The van der Waals surface area contributed by atoms with Crippen molar-refractivity contribution in [3.8, 4) is 0 Å². The Hall–Kier alpha value is -1.78. The first-order chi connectivity index (χ1) is 10.2. The molecule has 1 aliphatic heterocycles. The van der Waals surface area contributed by atoms with Crippen LogP contribution in [0.4, 0.5) is 17.1 Å². The quantitative estimate of drug-likeness (QED) is 0.631. The Kier molecular flexibility index (Phi) is 5.42. The van der Waals surface area contributed by atoms with Gasteiger partial charge >= 0.3 is 0 Å². The molecular formula is C16H25N3O2. The molecule has 1 fully saturated rings. The van der Waals surface area contributed by atoms with Crippen LogP contribution in [0.3, 0.4) is 0 Å². The van der Waals surface area contributed by atoms with E-state index in [0.717, 1.165) is 43.7 Å². The van der Waals surface area contributed by atoms with Gasteiger partial charge in [0.1, 0.15) is 0 Å². The Morgan fingerprint density at radius 3 is 2.81 bits per heavy atom. The minimum Gasteiger partial charge on any atom is -0.385 e. The van der Waals surface area contributed by atoms with Crippen LogP contribution in [0.2, 0.25) is 0 Å². The van der Waals surface area contributed by atoms with Crippen LogP contribution in [0.5, 0.6) is 0 Å². The maximum Gasteiger partial charge on any atom is 0.273 e. The SMILES string of the molecule is CCCNc1cc(N2CCCCC2CC)cc([N+](=O)[O-])c1. The van der Waals surface area contributed by atoms with Gasteiger partial charge in [-0.05, 0) is 38.2 Å². The topological polar surface area (TPSA) is 58.4 Å². The molecule has 0 radical (unpaired) electrons. The average molecular weight is 291 g/mol. The summed E-state index contributed by atoms with van der Waals surface area (Å²) in [6, 6.07) is 5.89. The number of nitro benzene ring substituents is 1. The molecule has 0 amide bonds. The molecule has 1 unspecified atom stereocenters. The van der Waals surface area contributed by atoms with Crippen molar-refractivity contribution in [2.45, 2.75) is 52.0 Å². The number of nitrogens with zero attached hydrogens (tertiary/aromatic N) is 2. The fourth-order valence-corrected chi connectivity index (χ4v) is 3.00. The highest BCUT2D eigenvalue weighted by atomic mass is 16.6. The molecule has 1 N–H and O–H groups in total. The van der Waals surface area contributed by atoms with Crippen molar-refractivity contribution < 1.29 is 4.92 Å². The third-order valence-corrected chi connectivity index (χ3v) is 4.12. The van der Waals surface area contributed by atoms with Crippen molar-refractivity contribution in [3.63, 3.8) is 0 Å². The first-order valence-corrected chi connectivity index (χ1v) is 7.95. The van der Waals surface area contributed by atoms with Gasteiger partial charge in [0.05, 0.1) is 4.92 Å². The molecule has 0 aliphatic carbocycles. The molecule has 0 spiro atoms. The molecule has 0 aromatic heterocycles. The standard InChI is InChI=1S/C16H25N3O2/c1-3-8-17-13-10-15(12-16(11-13)19(20)21)18-9-6-5-7-14(18)4-2/h10-12,14,17H,3-9H2,1-2H3. The molecule has 1 saturated heterocycles. The van der Waals surface area contributed by atoms with E-state index >= 15 is 0 Å². The smallest absolute Gasteiger partial charge is 0.273 e. The van der Waals surface area contributed by atoms with Gasteiger partial charge in [-0.25, -0.2) is 0 Å². The lowest BCUT2D eigenvalue weighted by atomic mass is 9.99. The Morgan fingerprint density at radius 2 is 2.14 bits per heavy atom. The van der Waals surface area contributed by atoms with Gasteiger partial charge in [0.2, 0.25) is 0 Å². The Balaban J connectivity index is 2.31. The molecule has 1 aromatic carbocycles. The minimum absolute atomic E-state index is 0.173. The molecule has 0 bridgehead atoms.